The van der Waals surface area contributed by atoms with Crippen LogP contribution in [-0.4, -0.2) is 56.9 Å². The lowest BCUT2D eigenvalue weighted by atomic mass is 9.99. The van der Waals surface area contributed by atoms with Crippen LogP contribution in [0.2, 0.25) is 0 Å². The van der Waals surface area contributed by atoms with Crippen LogP contribution < -0.4 is 16.0 Å². The van der Waals surface area contributed by atoms with Crippen LogP contribution in [0, 0.1) is 0 Å². The van der Waals surface area contributed by atoms with E-state index in [2.05, 4.69) is 16.0 Å². The number of carbonyl (C=O) groups is 3. The molecule has 0 radical (unpaired) electrons. The highest BCUT2D eigenvalue weighted by molar-refractivity contribution is 6.37. The molecule has 3 N–H and O–H groups in total. The Labute approximate surface area is 216 Å². The Morgan fingerprint density at radius 2 is 1.62 bits per heavy atom. The lowest BCUT2D eigenvalue weighted by Crippen LogP contribution is -2.21. The van der Waals surface area contributed by atoms with E-state index in [0.29, 0.717) is 34.5 Å². The number of carbonyl (C=O) groups excluding carboxylic acids is 3. The second kappa shape index (κ2) is 11.5. The van der Waals surface area contributed by atoms with E-state index < -0.39 is 5.97 Å². The monoisotopic (exact) mass is 498 g/mol. The van der Waals surface area contributed by atoms with Gasteiger partial charge in [0.2, 0.25) is 0 Å². The molecule has 4 rings (SSSR count). The first-order valence-electron chi connectivity index (χ1n) is 12.0. The van der Waals surface area contributed by atoms with Gasteiger partial charge in [-0.2, -0.15) is 0 Å². The minimum Gasteiger partial charge on any atom is -0.465 e. The molecule has 0 unspecified atom stereocenters. The number of fused-ring (bicyclic) bond motifs is 1. The summed E-state index contributed by atoms with van der Waals surface area (Å²) < 4.78 is 4.81. The van der Waals surface area contributed by atoms with Crippen molar-refractivity contribution >= 4 is 46.0 Å². The summed E-state index contributed by atoms with van der Waals surface area (Å²) >= 11 is 0. The molecule has 0 aromatic heterocycles. The zero-order chi connectivity index (χ0) is 26.4. The van der Waals surface area contributed by atoms with E-state index >= 15 is 0 Å². The predicted molar refractivity (Wildman–Crippen MR) is 146 cm³/mol. The Morgan fingerprint density at radius 1 is 0.919 bits per heavy atom. The maximum absolute atomic E-state index is 13.1. The third-order valence-corrected chi connectivity index (χ3v) is 5.98. The van der Waals surface area contributed by atoms with E-state index in [1.807, 2.05) is 73.6 Å². The number of methoxy groups -OCH3 is 1. The number of anilines is 3. The normalized spacial score (nSPS) is 13.6. The average molecular weight is 499 g/mol. The highest BCUT2D eigenvalue weighted by Gasteiger charge is 2.29. The van der Waals surface area contributed by atoms with Crippen molar-refractivity contribution in [1.82, 2.24) is 4.90 Å². The topological polar surface area (TPSA) is 99.8 Å². The summed E-state index contributed by atoms with van der Waals surface area (Å²) in [6, 6.07) is 22.2. The summed E-state index contributed by atoms with van der Waals surface area (Å²) in [6.45, 7) is 0.992. The summed E-state index contributed by atoms with van der Waals surface area (Å²) in [4.78, 5) is 39.1. The van der Waals surface area contributed by atoms with Crippen molar-refractivity contribution in [3.63, 3.8) is 0 Å². The summed E-state index contributed by atoms with van der Waals surface area (Å²) in [5, 5.41) is 9.44. The highest BCUT2D eigenvalue weighted by Crippen LogP contribution is 2.38. The van der Waals surface area contributed by atoms with Gasteiger partial charge in [0, 0.05) is 29.9 Å². The SMILES string of the molecule is COC(=O)c1ccc2c(c1)NC(=O)/C2=C(\Nc1ccc(NCC(=O)CCN(C)C)cc1)c1ccccc1. The molecule has 1 aliphatic rings. The molecular weight excluding hydrogens is 468 g/mol. The van der Waals surface area contributed by atoms with Gasteiger partial charge >= 0.3 is 5.97 Å². The quantitative estimate of drug-likeness (QED) is 0.282. The number of ketones is 1. The number of amides is 1. The van der Waals surface area contributed by atoms with Crippen LogP contribution in [0.1, 0.15) is 27.9 Å². The first kappa shape index (κ1) is 25.7. The number of Topliss-reactive ketones (excluding diaryl/α,β-unsaturated/α-hetero) is 1. The first-order valence-corrected chi connectivity index (χ1v) is 12.0. The number of esters is 1. The van der Waals surface area contributed by atoms with Crippen LogP contribution in [0.15, 0.2) is 72.8 Å². The summed E-state index contributed by atoms with van der Waals surface area (Å²) in [5.74, 6) is -0.588. The van der Waals surface area contributed by atoms with Gasteiger partial charge in [0.15, 0.2) is 5.78 Å². The standard InChI is InChI=1S/C29H30N4O4/c1-33(2)16-15-23(34)18-30-21-10-12-22(13-11-21)31-27(19-7-5-4-6-8-19)26-24-14-9-20(29(36)37-3)17-25(24)32-28(26)35/h4-14,17,30-31H,15-16,18H2,1-3H3,(H,32,35)/b27-26-. The molecule has 0 aliphatic carbocycles. The van der Waals surface area contributed by atoms with Crippen molar-refractivity contribution in [3.8, 4) is 0 Å². The fourth-order valence-electron chi connectivity index (χ4n) is 4.00. The molecule has 0 saturated heterocycles. The second-order valence-corrected chi connectivity index (χ2v) is 8.97. The molecule has 0 bridgehead atoms. The average Bonchev–Trinajstić information content (AvgIpc) is 3.24. The molecule has 8 nitrogen and oxygen atoms in total. The Balaban J connectivity index is 1.60. The molecule has 190 valence electrons. The molecule has 1 heterocycles. The fourth-order valence-corrected chi connectivity index (χ4v) is 4.00. The van der Waals surface area contributed by atoms with Crippen LogP contribution in [0.25, 0.3) is 11.3 Å². The van der Waals surface area contributed by atoms with Crippen molar-refractivity contribution in [2.24, 2.45) is 0 Å². The molecule has 8 heteroatoms. The second-order valence-electron chi connectivity index (χ2n) is 8.97. The van der Waals surface area contributed by atoms with Crippen molar-refractivity contribution in [2.45, 2.75) is 6.42 Å². The molecule has 0 spiro atoms. The number of benzene rings is 3. The van der Waals surface area contributed by atoms with Gasteiger partial charge in [-0.25, -0.2) is 4.79 Å². The van der Waals surface area contributed by atoms with Gasteiger partial charge in [-0.05, 0) is 56.1 Å². The van der Waals surface area contributed by atoms with E-state index in [-0.39, 0.29) is 18.2 Å². The first-order chi connectivity index (χ1) is 17.9. The van der Waals surface area contributed by atoms with E-state index in [0.717, 1.165) is 23.5 Å². The van der Waals surface area contributed by atoms with Crippen LogP contribution in [0.4, 0.5) is 17.1 Å². The van der Waals surface area contributed by atoms with E-state index in [1.54, 1.807) is 18.2 Å². The highest BCUT2D eigenvalue weighted by atomic mass is 16.5. The number of nitrogens with one attached hydrogen (secondary N) is 3. The van der Waals surface area contributed by atoms with Gasteiger partial charge in [0.1, 0.15) is 0 Å². The zero-order valence-electron chi connectivity index (χ0n) is 21.1. The third kappa shape index (κ3) is 6.23. The van der Waals surface area contributed by atoms with Gasteiger partial charge < -0.3 is 25.6 Å². The summed E-state index contributed by atoms with van der Waals surface area (Å²) in [6.07, 6.45) is 0.498. The molecular formula is C29H30N4O4. The van der Waals surface area contributed by atoms with E-state index in [4.69, 9.17) is 4.74 Å². The maximum Gasteiger partial charge on any atom is 0.337 e. The van der Waals surface area contributed by atoms with Crippen molar-refractivity contribution < 1.29 is 19.1 Å². The lowest BCUT2D eigenvalue weighted by molar-refractivity contribution is -0.117. The smallest absolute Gasteiger partial charge is 0.337 e. The number of nitrogens with zero attached hydrogens (tertiary/aromatic N) is 1. The van der Waals surface area contributed by atoms with Crippen molar-refractivity contribution in [3.05, 3.63) is 89.5 Å². The van der Waals surface area contributed by atoms with Crippen LogP contribution in [0.3, 0.4) is 0 Å². The van der Waals surface area contributed by atoms with Crippen molar-refractivity contribution in [2.75, 3.05) is 50.2 Å². The Morgan fingerprint density at radius 3 is 2.30 bits per heavy atom. The van der Waals surface area contributed by atoms with Gasteiger partial charge in [0.25, 0.3) is 5.91 Å². The largest absolute Gasteiger partial charge is 0.465 e. The van der Waals surface area contributed by atoms with Gasteiger partial charge in [0.05, 0.1) is 36.2 Å². The third-order valence-electron chi connectivity index (χ3n) is 5.98. The summed E-state index contributed by atoms with van der Waals surface area (Å²) in [7, 11) is 5.21. The Kier molecular flexibility index (Phi) is 8.00. The number of ether oxygens (including phenoxy) is 1. The fraction of sp³-hybridized carbons (Fsp3) is 0.207. The van der Waals surface area contributed by atoms with Crippen LogP contribution in [-0.2, 0) is 14.3 Å². The Bertz CT molecular complexity index is 1330. The Hall–Kier alpha value is -4.43. The van der Waals surface area contributed by atoms with Gasteiger partial charge in [-0.1, -0.05) is 36.4 Å². The molecule has 1 amide bonds. The van der Waals surface area contributed by atoms with Crippen LogP contribution in [0.5, 0.6) is 0 Å². The maximum atomic E-state index is 13.1. The minimum atomic E-state index is -0.469. The summed E-state index contributed by atoms with van der Waals surface area (Å²) in [5.41, 5.74) is 5.18. The number of rotatable bonds is 10. The molecule has 0 saturated carbocycles. The van der Waals surface area contributed by atoms with Crippen LogP contribution >= 0.6 is 0 Å². The number of hydrogen-bond acceptors (Lipinski definition) is 7. The molecule has 1 aliphatic heterocycles. The lowest BCUT2D eigenvalue weighted by Gasteiger charge is -2.15. The zero-order valence-corrected chi connectivity index (χ0v) is 21.1. The van der Waals surface area contributed by atoms with E-state index in [9.17, 15) is 14.4 Å². The predicted octanol–water partition coefficient (Wildman–Crippen LogP) is 4.34. The molecule has 0 atom stereocenters. The van der Waals surface area contributed by atoms with Gasteiger partial charge in [-0.3, -0.25) is 9.59 Å². The number of hydrogen-bond donors (Lipinski definition) is 3. The van der Waals surface area contributed by atoms with Crippen molar-refractivity contribution in [1.29, 1.82) is 0 Å². The molecule has 37 heavy (non-hydrogen) atoms. The van der Waals surface area contributed by atoms with E-state index in [1.165, 1.54) is 7.11 Å². The molecule has 0 fully saturated rings. The molecule has 3 aromatic rings. The van der Waals surface area contributed by atoms with Gasteiger partial charge in [-0.15, -0.1) is 0 Å². The minimum absolute atomic E-state index is 0.147. The molecule has 3 aromatic carbocycles.